The normalized spacial score (nSPS) is 12.5. The summed E-state index contributed by atoms with van der Waals surface area (Å²) in [6.45, 7) is 4.21. The average molecular weight is 410 g/mol. The SMILES string of the molecule is CN=C(NCc1cccc(C(=O)NCCN(C)C)c1)NC(C)CCc1ccccc1. The van der Waals surface area contributed by atoms with Gasteiger partial charge in [0.25, 0.3) is 5.91 Å². The lowest BCUT2D eigenvalue weighted by atomic mass is 10.1. The van der Waals surface area contributed by atoms with Crippen molar-refractivity contribution in [2.45, 2.75) is 32.4 Å². The van der Waals surface area contributed by atoms with Gasteiger partial charge in [0.2, 0.25) is 0 Å². The van der Waals surface area contributed by atoms with E-state index in [2.05, 4.69) is 52.1 Å². The predicted molar refractivity (Wildman–Crippen MR) is 125 cm³/mol. The number of likely N-dealkylation sites (N-methyl/N-ethyl adjacent to an activating group) is 1. The van der Waals surface area contributed by atoms with Gasteiger partial charge in [0.05, 0.1) is 0 Å². The number of hydrogen-bond donors (Lipinski definition) is 3. The van der Waals surface area contributed by atoms with Crippen molar-refractivity contribution in [2.75, 3.05) is 34.2 Å². The van der Waals surface area contributed by atoms with Crippen molar-refractivity contribution in [2.24, 2.45) is 4.99 Å². The first kappa shape index (κ1) is 23.4. The molecule has 0 saturated heterocycles. The Morgan fingerprint density at radius 2 is 1.77 bits per heavy atom. The van der Waals surface area contributed by atoms with Gasteiger partial charge in [0.15, 0.2) is 5.96 Å². The molecule has 6 nitrogen and oxygen atoms in total. The molecule has 0 bridgehead atoms. The summed E-state index contributed by atoms with van der Waals surface area (Å²) < 4.78 is 0. The Balaban J connectivity index is 1.80. The highest BCUT2D eigenvalue weighted by Crippen LogP contribution is 2.06. The summed E-state index contributed by atoms with van der Waals surface area (Å²) >= 11 is 0. The second-order valence-electron chi connectivity index (χ2n) is 7.75. The van der Waals surface area contributed by atoms with Gasteiger partial charge in [-0.25, -0.2) is 0 Å². The molecule has 0 heterocycles. The van der Waals surface area contributed by atoms with E-state index in [0.29, 0.717) is 24.7 Å². The highest BCUT2D eigenvalue weighted by atomic mass is 16.1. The third kappa shape index (κ3) is 8.66. The molecule has 6 heteroatoms. The molecule has 3 N–H and O–H groups in total. The number of amides is 1. The molecule has 0 aromatic heterocycles. The van der Waals surface area contributed by atoms with Crippen LogP contribution in [0, 0.1) is 0 Å². The zero-order valence-electron chi connectivity index (χ0n) is 18.6. The van der Waals surface area contributed by atoms with Crippen molar-refractivity contribution in [3.8, 4) is 0 Å². The fourth-order valence-electron chi connectivity index (χ4n) is 3.03. The van der Waals surface area contributed by atoms with E-state index >= 15 is 0 Å². The molecular formula is C24H35N5O. The largest absolute Gasteiger partial charge is 0.354 e. The summed E-state index contributed by atoms with van der Waals surface area (Å²) in [5.41, 5.74) is 3.05. The van der Waals surface area contributed by atoms with Gasteiger partial charge >= 0.3 is 0 Å². The molecule has 0 spiro atoms. The molecule has 0 aliphatic rings. The molecule has 0 radical (unpaired) electrons. The quantitative estimate of drug-likeness (QED) is 0.417. The van der Waals surface area contributed by atoms with Crippen molar-refractivity contribution in [3.05, 3.63) is 71.3 Å². The first-order chi connectivity index (χ1) is 14.5. The maximum atomic E-state index is 12.3. The van der Waals surface area contributed by atoms with Crippen LogP contribution in [-0.4, -0.2) is 57.0 Å². The number of benzene rings is 2. The zero-order chi connectivity index (χ0) is 21.8. The fourth-order valence-corrected chi connectivity index (χ4v) is 3.03. The van der Waals surface area contributed by atoms with E-state index in [-0.39, 0.29) is 5.91 Å². The molecule has 1 amide bonds. The monoisotopic (exact) mass is 409 g/mol. The van der Waals surface area contributed by atoms with Crippen LogP contribution in [0.1, 0.15) is 34.8 Å². The summed E-state index contributed by atoms with van der Waals surface area (Å²) in [6, 6.07) is 18.5. The molecule has 0 aliphatic carbocycles. The Morgan fingerprint density at radius 3 is 2.47 bits per heavy atom. The molecule has 1 unspecified atom stereocenters. The van der Waals surface area contributed by atoms with E-state index in [4.69, 9.17) is 0 Å². The van der Waals surface area contributed by atoms with Crippen LogP contribution < -0.4 is 16.0 Å². The number of aliphatic imine (C=N–C) groups is 1. The van der Waals surface area contributed by atoms with Crippen LogP contribution in [0.25, 0.3) is 0 Å². The van der Waals surface area contributed by atoms with Crippen molar-refractivity contribution in [3.63, 3.8) is 0 Å². The zero-order valence-corrected chi connectivity index (χ0v) is 18.6. The van der Waals surface area contributed by atoms with Gasteiger partial charge in [-0.3, -0.25) is 9.79 Å². The third-order valence-electron chi connectivity index (χ3n) is 4.81. The Bertz CT molecular complexity index is 804. The maximum absolute atomic E-state index is 12.3. The standard InChI is InChI=1S/C24H35N5O/c1-19(13-14-20-9-6-5-7-10-20)28-24(25-2)27-18-21-11-8-12-22(17-21)23(30)26-15-16-29(3)4/h5-12,17,19H,13-16,18H2,1-4H3,(H,26,30)(H2,25,27,28). The van der Waals surface area contributed by atoms with Crippen molar-refractivity contribution in [1.29, 1.82) is 0 Å². The first-order valence-electron chi connectivity index (χ1n) is 10.5. The second kappa shape index (κ2) is 12.6. The number of carbonyl (C=O) groups excluding carboxylic acids is 1. The molecule has 1 atom stereocenters. The van der Waals surface area contributed by atoms with E-state index in [1.165, 1.54) is 5.56 Å². The van der Waals surface area contributed by atoms with Crippen LogP contribution in [0.5, 0.6) is 0 Å². The topological polar surface area (TPSA) is 68.8 Å². The van der Waals surface area contributed by atoms with Gasteiger partial charge in [-0.15, -0.1) is 0 Å². The molecule has 2 rings (SSSR count). The second-order valence-corrected chi connectivity index (χ2v) is 7.75. The Kier molecular flexibility index (Phi) is 9.87. The molecule has 162 valence electrons. The van der Waals surface area contributed by atoms with Crippen molar-refractivity contribution >= 4 is 11.9 Å². The van der Waals surface area contributed by atoms with E-state index in [0.717, 1.165) is 30.9 Å². The molecule has 30 heavy (non-hydrogen) atoms. The molecule has 2 aromatic carbocycles. The van der Waals surface area contributed by atoms with E-state index < -0.39 is 0 Å². The molecule has 0 saturated carbocycles. The minimum atomic E-state index is -0.0456. The fraction of sp³-hybridized carbons (Fsp3) is 0.417. The smallest absolute Gasteiger partial charge is 0.251 e. The summed E-state index contributed by atoms with van der Waals surface area (Å²) in [6.07, 6.45) is 2.05. The lowest BCUT2D eigenvalue weighted by Crippen LogP contribution is -2.42. The van der Waals surface area contributed by atoms with Crippen LogP contribution in [0.3, 0.4) is 0 Å². The number of nitrogens with zero attached hydrogens (tertiary/aromatic N) is 2. The van der Waals surface area contributed by atoms with Gasteiger partial charge in [0.1, 0.15) is 0 Å². The molecule has 2 aromatic rings. The number of rotatable bonds is 10. The molecule has 0 fully saturated rings. The number of nitrogens with one attached hydrogen (secondary N) is 3. The third-order valence-corrected chi connectivity index (χ3v) is 4.81. The Labute approximate surface area is 180 Å². The summed E-state index contributed by atoms with van der Waals surface area (Å²) in [4.78, 5) is 18.7. The highest BCUT2D eigenvalue weighted by molar-refractivity contribution is 5.94. The predicted octanol–water partition coefficient (Wildman–Crippen LogP) is 2.66. The van der Waals surface area contributed by atoms with Gasteiger partial charge in [-0.05, 0) is 57.1 Å². The highest BCUT2D eigenvalue weighted by Gasteiger charge is 2.08. The van der Waals surface area contributed by atoms with Crippen LogP contribution >= 0.6 is 0 Å². The summed E-state index contributed by atoms with van der Waals surface area (Å²) in [7, 11) is 5.75. The Morgan fingerprint density at radius 1 is 1.03 bits per heavy atom. The van der Waals surface area contributed by atoms with Gasteiger partial charge in [0, 0.05) is 38.3 Å². The summed E-state index contributed by atoms with van der Waals surface area (Å²) in [5.74, 6) is 0.715. The van der Waals surface area contributed by atoms with E-state index in [9.17, 15) is 4.79 Å². The minimum Gasteiger partial charge on any atom is -0.354 e. The first-order valence-corrected chi connectivity index (χ1v) is 10.5. The van der Waals surface area contributed by atoms with Gasteiger partial charge < -0.3 is 20.9 Å². The lowest BCUT2D eigenvalue weighted by molar-refractivity contribution is 0.0951. The Hall–Kier alpha value is -2.86. The van der Waals surface area contributed by atoms with Gasteiger partial charge in [-0.1, -0.05) is 42.5 Å². The minimum absolute atomic E-state index is 0.0456. The number of guanidine groups is 1. The van der Waals surface area contributed by atoms with Crippen LogP contribution in [0.2, 0.25) is 0 Å². The van der Waals surface area contributed by atoms with Crippen molar-refractivity contribution in [1.82, 2.24) is 20.9 Å². The van der Waals surface area contributed by atoms with Crippen molar-refractivity contribution < 1.29 is 4.79 Å². The van der Waals surface area contributed by atoms with E-state index in [1.807, 2.05) is 49.3 Å². The lowest BCUT2D eigenvalue weighted by Gasteiger charge is -2.18. The van der Waals surface area contributed by atoms with Crippen LogP contribution in [0.15, 0.2) is 59.6 Å². The van der Waals surface area contributed by atoms with Gasteiger partial charge in [-0.2, -0.15) is 0 Å². The number of carbonyl (C=O) groups is 1. The number of aryl methyl sites for hydroxylation is 1. The summed E-state index contributed by atoms with van der Waals surface area (Å²) in [5, 5.41) is 9.73. The molecular weight excluding hydrogens is 374 g/mol. The molecule has 0 aliphatic heterocycles. The van der Waals surface area contributed by atoms with E-state index in [1.54, 1.807) is 7.05 Å². The average Bonchev–Trinajstić information content (AvgIpc) is 2.75. The van der Waals surface area contributed by atoms with Crippen LogP contribution in [0.4, 0.5) is 0 Å². The number of hydrogen-bond acceptors (Lipinski definition) is 3. The maximum Gasteiger partial charge on any atom is 0.251 e. The van der Waals surface area contributed by atoms with Crippen LogP contribution in [-0.2, 0) is 13.0 Å².